The van der Waals surface area contributed by atoms with Gasteiger partial charge in [0, 0.05) is 0 Å². The van der Waals surface area contributed by atoms with E-state index in [1.165, 1.54) is 83.5 Å². The van der Waals surface area contributed by atoms with Gasteiger partial charge in [-0.05, 0) is 19.9 Å². The van der Waals surface area contributed by atoms with Crippen molar-refractivity contribution in [1.82, 2.24) is 5.32 Å². The molecule has 1 N–H and O–H groups in total. The number of unbranched alkanes of at least 4 members (excludes halogenated alkanes) is 13. The lowest BCUT2D eigenvalue weighted by Crippen LogP contribution is -2.37. The molecule has 0 saturated carbocycles. The van der Waals surface area contributed by atoms with E-state index in [-0.39, 0.29) is 12.0 Å². The summed E-state index contributed by atoms with van der Waals surface area (Å²) in [6, 6.07) is -0.109. The van der Waals surface area contributed by atoms with Crippen LogP contribution < -0.4 is 5.32 Å². The van der Waals surface area contributed by atoms with Crippen LogP contribution >= 0.6 is 0 Å². The molecule has 0 heterocycles. The standard InChI is InChI=1S/C22H45NO2/c1-4-7-8-9-10-11-12-13-14-15-16-17-18-19-20-21(23-5-2)22(24)25-6-3/h21,23H,4-20H2,1-3H3. The van der Waals surface area contributed by atoms with E-state index in [1.807, 2.05) is 13.8 Å². The number of carbonyl (C=O) groups is 1. The summed E-state index contributed by atoms with van der Waals surface area (Å²) in [5.41, 5.74) is 0. The van der Waals surface area contributed by atoms with Crippen LogP contribution in [-0.2, 0) is 9.53 Å². The number of hydrogen-bond acceptors (Lipinski definition) is 3. The number of nitrogens with one attached hydrogen (secondary N) is 1. The second-order valence-electron chi connectivity index (χ2n) is 7.25. The highest BCUT2D eigenvalue weighted by Crippen LogP contribution is 2.14. The zero-order chi connectivity index (χ0) is 18.6. The lowest BCUT2D eigenvalue weighted by atomic mass is 10.0. The predicted molar refractivity (Wildman–Crippen MR) is 109 cm³/mol. The third kappa shape index (κ3) is 16.6. The number of ether oxygens (including phenoxy) is 1. The lowest BCUT2D eigenvalue weighted by Gasteiger charge is -2.15. The molecule has 0 aliphatic carbocycles. The molecule has 1 unspecified atom stereocenters. The second kappa shape index (κ2) is 19.8. The first-order chi connectivity index (χ1) is 12.3. The average Bonchev–Trinajstić information content (AvgIpc) is 2.61. The number of rotatable bonds is 19. The number of carbonyl (C=O) groups excluding carboxylic acids is 1. The molecule has 3 heteroatoms. The van der Waals surface area contributed by atoms with Crippen LogP contribution in [0.5, 0.6) is 0 Å². The van der Waals surface area contributed by atoms with Crippen LogP contribution in [0.1, 0.15) is 117 Å². The fourth-order valence-electron chi connectivity index (χ4n) is 3.34. The molecule has 0 rings (SSSR count). The van der Waals surface area contributed by atoms with Gasteiger partial charge >= 0.3 is 5.97 Å². The van der Waals surface area contributed by atoms with Gasteiger partial charge in [0.15, 0.2) is 0 Å². The lowest BCUT2D eigenvalue weighted by molar-refractivity contribution is -0.145. The van der Waals surface area contributed by atoms with Crippen LogP contribution in [0.3, 0.4) is 0 Å². The first kappa shape index (κ1) is 24.4. The molecule has 0 aromatic rings. The highest BCUT2D eigenvalue weighted by atomic mass is 16.5. The van der Waals surface area contributed by atoms with Crippen LogP contribution in [0.25, 0.3) is 0 Å². The Balaban J connectivity index is 3.35. The van der Waals surface area contributed by atoms with Gasteiger partial charge in [-0.1, -0.05) is 104 Å². The van der Waals surface area contributed by atoms with Crippen molar-refractivity contribution < 1.29 is 9.53 Å². The van der Waals surface area contributed by atoms with Crippen molar-refractivity contribution in [3.63, 3.8) is 0 Å². The summed E-state index contributed by atoms with van der Waals surface area (Å²) in [7, 11) is 0. The molecule has 0 saturated heterocycles. The van der Waals surface area contributed by atoms with Crippen molar-refractivity contribution >= 4 is 5.97 Å². The fraction of sp³-hybridized carbons (Fsp3) is 0.955. The zero-order valence-corrected chi connectivity index (χ0v) is 17.4. The minimum absolute atomic E-state index is 0.0842. The second-order valence-corrected chi connectivity index (χ2v) is 7.25. The van der Waals surface area contributed by atoms with E-state index in [4.69, 9.17) is 4.74 Å². The van der Waals surface area contributed by atoms with E-state index < -0.39 is 0 Å². The summed E-state index contributed by atoms with van der Waals surface area (Å²) in [6.45, 7) is 7.48. The molecule has 0 amide bonds. The van der Waals surface area contributed by atoms with Crippen LogP contribution in [0, 0.1) is 0 Å². The third-order valence-corrected chi connectivity index (χ3v) is 4.87. The predicted octanol–water partition coefficient (Wildman–Crippen LogP) is 6.40. The maximum Gasteiger partial charge on any atom is 0.323 e. The van der Waals surface area contributed by atoms with Gasteiger partial charge in [0.25, 0.3) is 0 Å². The molecule has 150 valence electrons. The van der Waals surface area contributed by atoms with Gasteiger partial charge in [0.2, 0.25) is 0 Å². The Labute approximate surface area is 157 Å². The van der Waals surface area contributed by atoms with Gasteiger partial charge in [0.05, 0.1) is 6.61 Å². The third-order valence-electron chi connectivity index (χ3n) is 4.87. The normalized spacial score (nSPS) is 12.3. The molecular formula is C22H45NO2. The Morgan fingerprint density at radius 1 is 0.720 bits per heavy atom. The minimum Gasteiger partial charge on any atom is -0.465 e. The fourth-order valence-corrected chi connectivity index (χ4v) is 3.34. The van der Waals surface area contributed by atoms with Gasteiger partial charge in [-0.3, -0.25) is 4.79 Å². The number of esters is 1. The van der Waals surface area contributed by atoms with Gasteiger partial charge in [-0.25, -0.2) is 0 Å². The SMILES string of the molecule is CCCCCCCCCCCCCCCCC(NCC)C(=O)OCC. The first-order valence-electron chi connectivity index (χ1n) is 11.2. The maximum atomic E-state index is 11.8. The Morgan fingerprint density at radius 2 is 1.16 bits per heavy atom. The summed E-state index contributed by atoms with van der Waals surface area (Å²) in [4.78, 5) is 11.8. The zero-order valence-electron chi connectivity index (χ0n) is 17.4. The first-order valence-corrected chi connectivity index (χ1v) is 11.2. The van der Waals surface area contributed by atoms with Crippen molar-refractivity contribution in [3.05, 3.63) is 0 Å². The van der Waals surface area contributed by atoms with E-state index in [2.05, 4.69) is 12.2 Å². The van der Waals surface area contributed by atoms with E-state index in [1.54, 1.807) is 0 Å². The average molecular weight is 356 g/mol. The molecule has 0 fully saturated rings. The molecule has 0 radical (unpaired) electrons. The van der Waals surface area contributed by atoms with Crippen molar-refractivity contribution in [1.29, 1.82) is 0 Å². The summed E-state index contributed by atoms with van der Waals surface area (Å²) >= 11 is 0. The maximum absolute atomic E-state index is 11.8. The van der Waals surface area contributed by atoms with E-state index in [0.717, 1.165) is 19.4 Å². The molecule has 0 aliphatic heterocycles. The Morgan fingerprint density at radius 3 is 1.56 bits per heavy atom. The summed E-state index contributed by atoms with van der Waals surface area (Å²) < 4.78 is 5.12. The highest BCUT2D eigenvalue weighted by Gasteiger charge is 2.17. The summed E-state index contributed by atoms with van der Waals surface area (Å²) in [5, 5.41) is 3.24. The Kier molecular flexibility index (Phi) is 19.3. The molecule has 0 aromatic heterocycles. The number of likely N-dealkylation sites (N-methyl/N-ethyl adjacent to an activating group) is 1. The van der Waals surface area contributed by atoms with E-state index in [0.29, 0.717) is 6.61 Å². The smallest absolute Gasteiger partial charge is 0.323 e. The van der Waals surface area contributed by atoms with Crippen LogP contribution in [-0.4, -0.2) is 25.2 Å². The van der Waals surface area contributed by atoms with Gasteiger partial charge in [-0.15, -0.1) is 0 Å². The molecule has 0 aromatic carbocycles. The quantitative estimate of drug-likeness (QED) is 0.215. The minimum atomic E-state index is -0.109. The van der Waals surface area contributed by atoms with Crippen molar-refractivity contribution in [2.75, 3.05) is 13.2 Å². The molecule has 3 nitrogen and oxygen atoms in total. The molecule has 0 aliphatic rings. The van der Waals surface area contributed by atoms with Crippen LogP contribution in [0.4, 0.5) is 0 Å². The van der Waals surface area contributed by atoms with Gasteiger partial charge in [0.1, 0.15) is 6.04 Å². The Hall–Kier alpha value is -0.570. The van der Waals surface area contributed by atoms with Crippen LogP contribution in [0.15, 0.2) is 0 Å². The number of hydrogen-bond donors (Lipinski definition) is 1. The molecule has 1 atom stereocenters. The molecule has 0 spiro atoms. The topological polar surface area (TPSA) is 38.3 Å². The highest BCUT2D eigenvalue weighted by molar-refractivity contribution is 5.75. The van der Waals surface area contributed by atoms with E-state index >= 15 is 0 Å². The molecule has 25 heavy (non-hydrogen) atoms. The van der Waals surface area contributed by atoms with Crippen molar-refractivity contribution in [3.8, 4) is 0 Å². The monoisotopic (exact) mass is 355 g/mol. The largest absolute Gasteiger partial charge is 0.465 e. The van der Waals surface area contributed by atoms with Gasteiger partial charge < -0.3 is 10.1 Å². The molecule has 0 bridgehead atoms. The van der Waals surface area contributed by atoms with Crippen molar-refractivity contribution in [2.45, 2.75) is 123 Å². The summed E-state index contributed by atoms with van der Waals surface area (Å²) in [6.07, 6.45) is 20.0. The van der Waals surface area contributed by atoms with E-state index in [9.17, 15) is 4.79 Å². The Bertz CT molecular complexity index is 281. The van der Waals surface area contributed by atoms with Crippen LogP contribution in [0.2, 0.25) is 0 Å². The summed E-state index contributed by atoms with van der Waals surface area (Å²) in [5.74, 6) is -0.0842. The molecular weight excluding hydrogens is 310 g/mol. The van der Waals surface area contributed by atoms with Crippen molar-refractivity contribution in [2.24, 2.45) is 0 Å². The van der Waals surface area contributed by atoms with Gasteiger partial charge in [-0.2, -0.15) is 0 Å².